The lowest BCUT2D eigenvalue weighted by Gasteiger charge is -2.08. The van der Waals surface area contributed by atoms with Gasteiger partial charge in [-0.3, -0.25) is 0 Å². The van der Waals surface area contributed by atoms with Gasteiger partial charge in [0.2, 0.25) is 0 Å². The highest BCUT2D eigenvalue weighted by Crippen LogP contribution is 2.09. The van der Waals surface area contributed by atoms with Crippen LogP contribution in [0.2, 0.25) is 0 Å². The van der Waals surface area contributed by atoms with Gasteiger partial charge >= 0.3 is 0 Å². The minimum absolute atomic E-state index is 0.546. The summed E-state index contributed by atoms with van der Waals surface area (Å²) in [5, 5.41) is 0. The average molecular weight is 244 g/mol. The summed E-state index contributed by atoms with van der Waals surface area (Å²) in [5.74, 6) is 0. The molecule has 0 bridgehead atoms. The largest absolute Gasteiger partial charge is 0.381 e. The van der Waals surface area contributed by atoms with Crippen LogP contribution in [0.1, 0.15) is 51.9 Å². The summed E-state index contributed by atoms with van der Waals surface area (Å²) >= 11 is 0. The third-order valence-corrected chi connectivity index (χ3v) is 3.06. The van der Waals surface area contributed by atoms with Gasteiger partial charge in [0.1, 0.15) is 0 Å². The predicted octanol–water partition coefficient (Wildman–Crippen LogP) is 3.17. The van der Waals surface area contributed by atoms with E-state index in [1.165, 1.54) is 44.9 Å². The normalized spacial score (nSPS) is 27.7. The molecule has 3 rings (SSSR count). The van der Waals surface area contributed by atoms with Gasteiger partial charge in [0.15, 0.2) is 0 Å². The monoisotopic (exact) mass is 244 g/mol. The van der Waals surface area contributed by atoms with E-state index in [0.717, 1.165) is 33.0 Å². The molecular weight excluding hydrogens is 216 g/mol. The molecule has 3 fully saturated rings. The Labute approximate surface area is 106 Å². The summed E-state index contributed by atoms with van der Waals surface area (Å²) in [5.41, 5.74) is 0. The van der Waals surface area contributed by atoms with Crippen LogP contribution in [0.4, 0.5) is 0 Å². The van der Waals surface area contributed by atoms with Crippen LogP contribution < -0.4 is 0 Å². The van der Waals surface area contributed by atoms with Crippen LogP contribution >= 0.6 is 0 Å². The molecule has 1 atom stereocenters. The molecule has 0 aromatic carbocycles. The van der Waals surface area contributed by atoms with Crippen LogP contribution in [0.15, 0.2) is 0 Å². The molecule has 3 saturated heterocycles. The third-order valence-electron chi connectivity index (χ3n) is 3.06. The molecule has 17 heavy (non-hydrogen) atoms. The highest BCUT2D eigenvalue weighted by molar-refractivity contribution is 4.56. The minimum Gasteiger partial charge on any atom is -0.381 e. The van der Waals surface area contributed by atoms with Gasteiger partial charge in [-0.15, -0.1) is 0 Å². The molecule has 0 radical (unpaired) electrons. The summed E-state index contributed by atoms with van der Waals surface area (Å²) in [6.45, 7) is 7.11. The zero-order valence-electron chi connectivity index (χ0n) is 11.3. The van der Waals surface area contributed by atoms with E-state index in [9.17, 15) is 0 Å². The first kappa shape index (κ1) is 14.9. The highest BCUT2D eigenvalue weighted by Gasteiger charge is 2.07. The second kappa shape index (κ2) is 11.0. The molecule has 0 aliphatic carbocycles. The van der Waals surface area contributed by atoms with Gasteiger partial charge in [0.05, 0.1) is 6.10 Å². The Balaban J connectivity index is 0.000000128. The topological polar surface area (TPSA) is 27.7 Å². The molecule has 3 nitrogen and oxygen atoms in total. The number of hydrogen-bond donors (Lipinski definition) is 0. The Bertz CT molecular complexity index is 128. The number of hydrogen-bond acceptors (Lipinski definition) is 3. The first-order chi connectivity index (χ1) is 8.39. The fourth-order valence-corrected chi connectivity index (χ4v) is 1.94. The first-order valence-corrected chi connectivity index (χ1v) is 7.16. The first-order valence-electron chi connectivity index (χ1n) is 7.16. The second-order valence-corrected chi connectivity index (χ2v) is 4.82. The molecule has 3 heterocycles. The van der Waals surface area contributed by atoms with Crippen LogP contribution in [0, 0.1) is 0 Å². The number of rotatable bonds is 0. The molecule has 3 aliphatic rings. The molecule has 102 valence electrons. The van der Waals surface area contributed by atoms with Gasteiger partial charge in [-0.25, -0.2) is 0 Å². The van der Waals surface area contributed by atoms with Gasteiger partial charge < -0.3 is 14.2 Å². The van der Waals surface area contributed by atoms with Crippen molar-refractivity contribution >= 4 is 0 Å². The van der Waals surface area contributed by atoms with E-state index in [1.807, 2.05) is 0 Å². The standard InChI is InChI=1S/2C5H10O.C4H8O/c1-5-3-2-4-6-5;1-2-4-6-5-3-1;1-2-4-5-3-1/h5H,2-4H2,1H3;1-5H2;1-4H2. The van der Waals surface area contributed by atoms with Crippen molar-refractivity contribution in [2.45, 2.75) is 58.0 Å². The van der Waals surface area contributed by atoms with Gasteiger partial charge in [-0.1, -0.05) is 0 Å². The molecule has 3 aliphatic heterocycles. The van der Waals surface area contributed by atoms with E-state index in [1.54, 1.807) is 0 Å². The molecule has 0 amide bonds. The molecule has 1 unspecified atom stereocenters. The lowest BCUT2D eigenvalue weighted by molar-refractivity contribution is 0.0968. The summed E-state index contributed by atoms with van der Waals surface area (Å²) in [6.07, 6.45) is 9.56. The van der Waals surface area contributed by atoms with Gasteiger partial charge in [-0.2, -0.15) is 0 Å². The maximum atomic E-state index is 5.15. The Hall–Kier alpha value is -0.120. The van der Waals surface area contributed by atoms with E-state index in [2.05, 4.69) is 6.92 Å². The van der Waals surface area contributed by atoms with Gasteiger partial charge in [-0.05, 0) is 51.9 Å². The van der Waals surface area contributed by atoms with Crippen molar-refractivity contribution in [3.8, 4) is 0 Å². The van der Waals surface area contributed by atoms with Crippen molar-refractivity contribution in [1.29, 1.82) is 0 Å². The van der Waals surface area contributed by atoms with Gasteiger partial charge in [0, 0.05) is 33.0 Å². The third kappa shape index (κ3) is 9.57. The smallest absolute Gasteiger partial charge is 0.0547 e. The average Bonchev–Trinajstić information content (AvgIpc) is 3.07. The second-order valence-electron chi connectivity index (χ2n) is 4.82. The predicted molar refractivity (Wildman–Crippen MR) is 69.4 cm³/mol. The van der Waals surface area contributed by atoms with E-state index in [-0.39, 0.29) is 0 Å². The quantitative estimate of drug-likeness (QED) is 0.655. The number of ether oxygens (including phenoxy) is 3. The molecular formula is C14H28O3. The van der Waals surface area contributed by atoms with E-state index in [0.29, 0.717) is 6.10 Å². The van der Waals surface area contributed by atoms with Crippen LogP contribution in [0.5, 0.6) is 0 Å². The van der Waals surface area contributed by atoms with Gasteiger partial charge in [0.25, 0.3) is 0 Å². The lowest BCUT2D eigenvalue weighted by atomic mass is 10.2. The van der Waals surface area contributed by atoms with Crippen molar-refractivity contribution in [3.05, 3.63) is 0 Å². The maximum absolute atomic E-state index is 5.15. The summed E-state index contributed by atoms with van der Waals surface area (Å²) in [6, 6.07) is 0. The molecule has 0 N–H and O–H groups in total. The maximum Gasteiger partial charge on any atom is 0.0547 e. The fourth-order valence-electron chi connectivity index (χ4n) is 1.94. The van der Waals surface area contributed by atoms with Crippen molar-refractivity contribution in [2.24, 2.45) is 0 Å². The summed E-state index contributed by atoms with van der Waals surface area (Å²) < 4.78 is 15.2. The Morgan fingerprint density at radius 2 is 1.18 bits per heavy atom. The van der Waals surface area contributed by atoms with E-state index in [4.69, 9.17) is 14.2 Å². The molecule has 0 aromatic heterocycles. The Morgan fingerprint density at radius 3 is 1.35 bits per heavy atom. The van der Waals surface area contributed by atoms with Crippen LogP contribution in [0.25, 0.3) is 0 Å². The Morgan fingerprint density at radius 1 is 0.647 bits per heavy atom. The Kier molecular flexibility index (Phi) is 9.66. The lowest BCUT2D eigenvalue weighted by Crippen LogP contribution is -2.03. The van der Waals surface area contributed by atoms with E-state index >= 15 is 0 Å². The van der Waals surface area contributed by atoms with E-state index < -0.39 is 0 Å². The van der Waals surface area contributed by atoms with Crippen LogP contribution in [-0.2, 0) is 14.2 Å². The summed E-state index contributed by atoms with van der Waals surface area (Å²) in [4.78, 5) is 0. The fraction of sp³-hybridized carbons (Fsp3) is 1.00. The molecule has 0 saturated carbocycles. The van der Waals surface area contributed by atoms with Crippen molar-refractivity contribution < 1.29 is 14.2 Å². The highest BCUT2D eigenvalue weighted by atomic mass is 16.5. The van der Waals surface area contributed by atoms with Crippen LogP contribution in [0.3, 0.4) is 0 Å². The molecule has 0 aromatic rings. The summed E-state index contributed by atoms with van der Waals surface area (Å²) in [7, 11) is 0. The minimum atomic E-state index is 0.546. The van der Waals surface area contributed by atoms with Crippen molar-refractivity contribution in [1.82, 2.24) is 0 Å². The zero-order valence-corrected chi connectivity index (χ0v) is 11.3. The van der Waals surface area contributed by atoms with Crippen LogP contribution in [-0.4, -0.2) is 39.1 Å². The molecule has 3 heteroatoms. The SMILES string of the molecule is C1CCOC1.C1CCOCC1.CC1CCCO1. The molecule has 0 spiro atoms. The van der Waals surface area contributed by atoms with Crippen molar-refractivity contribution in [3.63, 3.8) is 0 Å². The zero-order chi connectivity index (χ0) is 12.2. The van der Waals surface area contributed by atoms with Crippen molar-refractivity contribution in [2.75, 3.05) is 33.0 Å².